The normalized spacial score (nSPS) is 11.2. The first-order valence-electron chi connectivity index (χ1n) is 4.86. The van der Waals surface area contributed by atoms with Crippen molar-refractivity contribution in [3.05, 3.63) is 23.2 Å². The van der Waals surface area contributed by atoms with Crippen molar-refractivity contribution in [2.75, 3.05) is 6.54 Å². The van der Waals surface area contributed by atoms with Gasteiger partial charge in [0.05, 0.1) is 0 Å². The van der Waals surface area contributed by atoms with Gasteiger partial charge in [-0.2, -0.15) is 0 Å². The summed E-state index contributed by atoms with van der Waals surface area (Å²) in [5, 5.41) is 3.40. The molecule has 0 aliphatic heterocycles. The van der Waals surface area contributed by atoms with Gasteiger partial charge >= 0.3 is 0 Å². The average Bonchev–Trinajstić information content (AvgIpc) is 2.29. The standard InChI is InChI=1S/C11H19NO/c1-8(2)6-12-7-11-5-9(3)13-10(11)4/h5,8,12H,6-7H2,1-4H3. The van der Waals surface area contributed by atoms with E-state index in [2.05, 4.69) is 25.2 Å². The summed E-state index contributed by atoms with van der Waals surface area (Å²) >= 11 is 0. The van der Waals surface area contributed by atoms with Crippen LogP contribution in [0.15, 0.2) is 10.5 Å². The summed E-state index contributed by atoms with van der Waals surface area (Å²) in [5.41, 5.74) is 1.28. The van der Waals surface area contributed by atoms with E-state index in [0.29, 0.717) is 5.92 Å². The van der Waals surface area contributed by atoms with Crippen LogP contribution < -0.4 is 5.32 Å². The van der Waals surface area contributed by atoms with Gasteiger partial charge in [0.1, 0.15) is 11.5 Å². The highest BCUT2D eigenvalue weighted by atomic mass is 16.3. The molecule has 1 rings (SSSR count). The first-order valence-corrected chi connectivity index (χ1v) is 4.86. The Kier molecular flexibility index (Phi) is 3.55. The van der Waals surface area contributed by atoms with E-state index in [-0.39, 0.29) is 0 Å². The van der Waals surface area contributed by atoms with Crippen LogP contribution in [0.4, 0.5) is 0 Å². The molecule has 2 nitrogen and oxygen atoms in total. The molecule has 1 heterocycles. The van der Waals surface area contributed by atoms with Crippen LogP contribution in [0.2, 0.25) is 0 Å². The van der Waals surface area contributed by atoms with Crippen molar-refractivity contribution in [2.45, 2.75) is 34.2 Å². The molecular formula is C11H19NO. The van der Waals surface area contributed by atoms with E-state index < -0.39 is 0 Å². The maximum Gasteiger partial charge on any atom is 0.105 e. The van der Waals surface area contributed by atoms with Gasteiger partial charge in [0.25, 0.3) is 0 Å². The van der Waals surface area contributed by atoms with E-state index in [1.165, 1.54) is 5.56 Å². The van der Waals surface area contributed by atoms with Gasteiger partial charge in [-0.1, -0.05) is 13.8 Å². The van der Waals surface area contributed by atoms with E-state index >= 15 is 0 Å². The largest absolute Gasteiger partial charge is 0.466 e. The minimum Gasteiger partial charge on any atom is -0.466 e. The summed E-state index contributed by atoms with van der Waals surface area (Å²) in [6.07, 6.45) is 0. The molecule has 0 amide bonds. The molecule has 0 fully saturated rings. The van der Waals surface area contributed by atoms with Crippen molar-refractivity contribution in [1.82, 2.24) is 5.32 Å². The molecule has 0 aromatic carbocycles. The summed E-state index contributed by atoms with van der Waals surface area (Å²) in [6, 6.07) is 2.10. The lowest BCUT2D eigenvalue weighted by molar-refractivity contribution is 0.495. The van der Waals surface area contributed by atoms with Crippen LogP contribution >= 0.6 is 0 Å². The molecule has 0 bridgehead atoms. The van der Waals surface area contributed by atoms with Crippen LogP contribution in [0.1, 0.15) is 30.9 Å². The number of hydrogen-bond donors (Lipinski definition) is 1. The Balaban J connectivity index is 2.40. The molecule has 0 saturated carbocycles. The van der Waals surface area contributed by atoms with Gasteiger partial charge in [0, 0.05) is 12.1 Å². The molecule has 74 valence electrons. The van der Waals surface area contributed by atoms with Gasteiger partial charge in [0.2, 0.25) is 0 Å². The Morgan fingerprint density at radius 2 is 2.08 bits per heavy atom. The van der Waals surface area contributed by atoms with Crippen molar-refractivity contribution < 1.29 is 4.42 Å². The molecule has 13 heavy (non-hydrogen) atoms. The summed E-state index contributed by atoms with van der Waals surface area (Å²) < 4.78 is 5.43. The third-order valence-corrected chi connectivity index (χ3v) is 2.01. The molecular weight excluding hydrogens is 162 g/mol. The molecule has 2 heteroatoms. The van der Waals surface area contributed by atoms with Crippen molar-refractivity contribution in [1.29, 1.82) is 0 Å². The highest BCUT2D eigenvalue weighted by Crippen LogP contribution is 2.12. The first-order chi connectivity index (χ1) is 6.09. The summed E-state index contributed by atoms with van der Waals surface area (Å²) in [7, 11) is 0. The van der Waals surface area contributed by atoms with E-state index in [1.54, 1.807) is 0 Å². The second-order valence-electron chi connectivity index (χ2n) is 3.96. The fraction of sp³-hybridized carbons (Fsp3) is 0.636. The van der Waals surface area contributed by atoms with Crippen molar-refractivity contribution in [3.63, 3.8) is 0 Å². The third kappa shape index (κ3) is 3.23. The Morgan fingerprint density at radius 1 is 1.38 bits per heavy atom. The first kappa shape index (κ1) is 10.3. The second-order valence-corrected chi connectivity index (χ2v) is 3.96. The van der Waals surface area contributed by atoms with Crippen LogP contribution in [0, 0.1) is 19.8 Å². The topological polar surface area (TPSA) is 25.2 Å². The monoisotopic (exact) mass is 181 g/mol. The Bertz CT molecular complexity index is 263. The van der Waals surface area contributed by atoms with E-state index in [4.69, 9.17) is 4.42 Å². The Hall–Kier alpha value is -0.760. The number of rotatable bonds is 4. The van der Waals surface area contributed by atoms with Crippen molar-refractivity contribution >= 4 is 0 Å². The highest BCUT2D eigenvalue weighted by Gasteiger charge is 2.03. The zero-order valence-corrected chi connectivity index (χ0v) is 8.98. The lowest BCUT2D eigenvalue weighted by Crippen LogP contribution is -2.18. The SMILES string of the molecule is Cc1cc(CNCC(C)C)c(C)o1. The number of aryl methyl sites for hydroxylation is 2. The lowest BCUT2D eigenvalue weighted by Gasteiger charge is -2.05. The molecule has 0 radical (unpaired) electrons. The van der Waals surface area contributed by atoms with Gasteiger partial charge in [-0.25, -0.2) is 0 Å². The molecule has 0 aliphatic rings. The minimum absolute atomic E-state index is 0.702. The van der Waals surface area contributed by atoms with Gasteiger partial charge in [-0.3, -0.25) is 0 Å². The smallest absolute Gasteiger partial charge is 0.105 e. The van der Waals surface area contributed by atoms with Crippen LogP contribution in [0.25, 0.3) is 0 Å². The second kappa shape index (κ2) is 4.47. The molecule has 0 spiro atoms. The summed E-state index contributed by atoms with van der Waals surface area (Å²) in [5.74, 6) is 2.74. The molecule has 0 atom stereocenters. The van der Waals surface area contributed by atoms with Gasteiger partial charge in [-0.05, 0) is 32.4 Å². The Labute approximate surface area is 80.3 Å². The fourth-order valence-corrected chi connectivity index (χ4v) is 1.35. The minimum atomic E-state index is 0.702. The zero-order chi connectivity index (χ0) is 9.84. The Morgan fingerprint density at radius 3 is 2.54 bits per heavy atom. The number of furan rings is 1. The summed E-state index contributed by atoms with van der Waals surface area (Å²) in [6.45, 7) is 10.4. The van der Waals surface area contributed by atoms with Gasteiger partial charge in [0.15, 0.2) is 0 Å². The molecule has 1 N–H and O–H groups in total. The quantitative estimate of drug-likeness (QED) is 0.772. The van der Waals surface area contributed by atoms with E-state index in [0.717, 1.165) is 24.6 Å². The maximum atomic E-state index is 5.43. The zero-order valence-electron chi connectivity index (χ0n) is 8.98. The highest BCUT2D eigenvalue weighted by molar-refractivity contribution is 5.19. The molecule has 0 unspecified atom stereocenters. The lowest BCUT2D eigenvalue weighted by atomic mass is 10.2. The predicted molar refractivity (Wildman–Crippen MR) is 54.7 cm³/mol. The van der Waals surface area contributed by atoms with E-state index in [9.17, 15) is 0 Å². The fourth-order valence-electron chi connectivity index (χ4n) is 1.35. The van der Waals surface area contributed by atoms with Gasteiger partial charge < -0.3 is 9.73 Å². The third-order valence-electron chi connectivity index (χ3n) is 2.01. The van der Waals surface area contributed by atoms with Crippen molar-refractivity contribution in [2.24, 2.45) is 5.92 Å². The maximum absolute atomic E-state index is 5.43. The molecule has 1 aromatic heterocycles. The van der Waals surface area contributed by atoms with E-state index in [1.807, 2.05) is 13.8 Å². The van der Waals surface area contributed by atoms with Crippen LogP contribution in [-0.2, 0) is 6.54 Å². The molecule has 0 saturated heterocycles. The molecule has 1 aromatic rings. The van der Waals surface area contributed by atoms with Gasteiger partial charge in [-0.15, -0.1) is 0 Å². The van der Waals surface area contributed by atoms with Crippen molar-refractivity contribution in [3.8, 4) is 0 Å². The predicted octanol–water partition coefficient (Wildman–Crippen LogP) is 2.64. The average molecular weight is 181 g/mol. The van der Waals surface area contributed by atoms with Crippen LogP contribution in [-0.4, -0.2) is 6.54 Å². The molecule has 0 aliphatic carbocycles. The van der Waals surface area contributed by atoms with Crippen LogP contribution in [0.5, 0.6) is 0 Å². The van der Waals surface area contributed by atoms with Crippen LogP contribution in [0.3, 0.4) is 0 Å². The number of hydrogen-bond acceptors (Lipinski definition) is 2. The number of nitrogens with one attached hydrogen (secondary N) is 1. The summed E-state index contributed by atoms with van der Waals surface area (Å²) in [4.78, 5) is 0.